The van der Waals surface area contributed by atoms with Gasteiger partial charge in [0.2, 0.25) is 6.23 Å². The number of methoxy groups -OCH3 is 2. The number of aliphatic hydroxyl groups is 1. The lowest BCUT2D eigenvalue weighted by Gasteiger charge is -2.13. The molecular formula is C13H16N2O5. The van der Waals surface area contributed by atoms with Gasteiger partial charge in [-0.25, -0.2) is 4.79 Å². The van der Waals surface area contributed by atoms with Crippen molar-refractivity contribution in [3.8, 4) is 11.5 Å². The Hall–Kier alpha value is -2.28. The summed E-state index contributed by atoms with van der Waals surface area (Å²) in [4.78, 5) is 23.9. The van der Waals surface area contributed by atoms with E-state index in [2.05, 4.69) is 5.32 Å². The van der Waals surface area contributed by atoms with Crippen LogP contribution in [0.1, 0.15) is 5.56 Å². The van der Waals surface area contributed by atoms with Crippen molar-refractivity contribution in [1.29, 1.82) is 0 Å². The summed E-state index contributed by atoms with van der Waals surface area (Å²) in [5.41, 5.74) is 0.893. The fourth-order valence-electron chi connectivity index (χ4n) is 1.99. The van der Waals surface area contributed by atoms with E-state index >= 15 is 0 Å². The molecule has 1 aliphatic heterocycles. The molecule has 1 heterocycles. The first-order valence-electron chi connectivity index (χ1n) is 6.07. The maximum absolute atomic E-state index is 11.5. The number of hydrogen-bond donors (Lipinski definition) is 2. The van der Waals surface area contributed by atoms with Crippen molar-refractivity contribution in [2.24, 2.45) is 0 Å². The van der Waals surface area contributed by atoms with Crippen LogP contribution < -0.4 is 14.8 Å². The van der Waals surface area contributed by atoms with Crippen LogP contribution in [-0.4, -0.2) is 48.9 Å². The van der Waals surface area contributed by atoms with Gasteiger partial charge in [0.1, 0.15) is 0 Å². The number of rotatable bonds is 5. The number of benzene rings is 1. The molecule has 1 aromatic carbocycles. The third-order valence-corrected chi connectivity index (χ3v) is 3.08. The molecule has 2 N–H and O–H groups in total. The Morgan fingerprint density at radius 2 is 1.95 bits per heavy atom. The number of hydrogen-bond acceptors (Lipinski definition) is 5. The Balaban J connectivity index is 2.04. The first-order chi connectivity index (χ1) is 9.56. The van der Waals surface area contributed by atoms with Gasteiger partial charge < -0.3 is 19.9 Å². The van der Waals surface area contributed by atoms with E-state index < -0.39 is 18.2 Å². The van der Waals surface area contributed by atoms with E-state index in [4.69, 9.17) is 9.47 Å². The van der Waals surface area contributed by atoms with Gasteiger partial charge in [-0.2, -0.15) is 0 Å². The number of amides is 3. The maximum atomic E-state index is 11.5. The lowest BCUT2D eigenvalue weighted by atomic mass is 10.1. The number of imide groups is 1. The summed E-state index contributed by atoms with van der Waals surface area (Å²) < 4.78 is 10.3. The van der Waals surface area contributed by atoms with E-state index in [1.165, 1.54) is 7.11 Å². The second kappa shape index (κ2) is 5.79. The predicted molar refractivity (Wildman–Crippen MR) is 69.5 cm³/mol. The number of ether oxygens (including phenoxy) is 2. The second-order valence-corrected chi connectivity index (χ2v) is 4.28. The Labute approximate surface area is 116 Å². The Kier molecular flexibility index (Phi) is 4.09. The van der Waals surface area contributed by atoms with E-state index in [-0.39, 0.29) is 6.54 Å². The van der Waals surface area contributed by atoms with Crippen LogP contribution in [0.15, 0.2) is 18.2 Å². The fourth-order valence-corrected chi connectivity index (χ4v) is 1.99. The molecule has 2 rings (SSSR count). The highest BCUT2D eigenvalue weighted by Crippen LogP contribution is 2.27. The average Bonchev–Trinajstić information content (AvgIpc) is 2.70. The highest BCUT2D eigenvalue weighted by Gasteiger charge is 2.36. The van der Waals surface area contributed by atoms with Gasteiger partial charge in [-0.05, 0) is 24.1 Å². The summed E-state index contributed by atoms with van der Waals surface area (Å²) in [6, 6.07) is 4.79. The number of aliphatic hydroxyl groups excluding tert-OH is 1. The van der Waals surface area contributed by atoms with Gasteiger partial charge in [0.25, 0.3) is 5.91 Å². The van der Waals surface area contributed by atoms with Crippen molar-refractivity contribution in [1.82, 2.24) is 10.2 Å². The number of nitrogens with one attached hydrogen (secondary N) is 1. The van der Waals surface area contributed by atoms with Crippen molar-refractivity contribution >= 4 is 11.9 Å². The summed E-state index contributed by atoms with van der Waals surface area (Å²) in [7, 11) is 3.08. The SMILES string of the molecule is COc1ccc(CCN2C(=O)NC(O)C2=O)cc1OC. The van der Waals surface area contributed by atoms with Gasteiger partial charge in [-0.1, -0.05) is 6.07 Å². The predicted octanol–water partition coefficient (Wildman–Crippen LogP) is 0.116. The van der Waals surface area contributed by atoms with Crippen LogP contribution in [0, 0.1) is 0 Å². The summed E-state index contributed by atoms with van der Waals surface area (Å²) in [5, 5.41) is 11.4. The van der Waals surface area contributed by atoms with Crippen molar-refractivity contribution in [2.45, 2.75) is 12.6 Å². The molecule has 1 unspecified atom stereocenters. The number of carbonyl (C=O) groups excluding carboxylic acids is 2. The molecule has 0 saturated carbocycles. The van der Waals surface area contributed by atoms with Crippen molar-refractivity contribution in [2.75, 3.05) is 20.8 Å². The topological polar surface area (TPSA) is 88.1 Å². The lowest BCUT2D eigenvalue weighted by molar-refractivity contribution is -0.133. The molecule has 1 aromatic rings. The van der Waals surface area contributed by atoms with Gasteiger partial charge in [-0.3, -0.25) is 9.69 Å². The molecule has 0 radical (unpaired) electrons. The molecule has 1 saturated heterocycles. The minimum absolute atomic E-state index is 0.192. The van der Waals surface area contributed by atoms with E-state index in [9.17, 15) is 14.7 Å². The van der Waals surface area contributed by atoms with Crippen LogP contribution >= 0.6 is 0 Å². The van der Waals surface area contributed by atoms with E-state index in [1.54, 1.807) is 19.2 Å². The largest absolute Gasteiger partial charge is 0.493 e. The average molecular weight is 280 g/mol. The van der Waals surface area contributed by atoms with Crippen molar-refractivity contribution in [3.05, 3.63) is 23.8 Å². The van der Waals surface area contributed by atoms with Crippen LogP contribution in [0.4, 0.5) is 4.79 Å². The smallest absolute Gasteiger partial charge is 0.326 e. The summed E-state index contributed by atoms with van der Waals surface area (Å²) >= 11 is 0. The maximum Gasteiger partial charge on any atom is 0.326 e. The Bertz CT molecular complexity index is 531. The molecule has 7 nitrogen and oxygen atoms in total. The van der Waals surface area contributed by atoms with Crippen molar-refractivity contribution < 1.29 is 24.2 Å². The molecule has 0 aromatic heterocycles. The molecule has 0 aliphatic carbocycles. The zero-order chi connectivity index (χ0) is 14.7. The molecule has 1 aliphatic rings. The van der Waals surface area contributed by atoms with Crippen LogP contribution in [0.3, 0.4) is 0 Å². The van der Waals surface area contributed by atoms with E-state index in [0.717, 1.165) is 10.5 Å². The van der Waals surface area contributed by atoms with Gasteiger partial charge in [0.05, 0.1) is 14.2 Å². The molecule has 108 valence electrons. The molecule has 20 heavy (non-hydrogen) atoms. The molecule has 0 spiro atoms. The van der Waals surface area contributed by atoms with Gasteiger partial charge in [0, 0.05) is 6.54 Å². The van der Waals surface area contributed by atoms with Crippen LogP contribution in [-0.2, 0) is 11.2 Å². The third kappa shape index (κ3) is 2.67. The standard InChI is InChI=1S/C13H16N2O5/c1-19-9-4-3-8(7-10(9)20-2)5-6-15-12(17)11(16)14-13(15)18/h3-4,7,11,16H,5-6H2,1-2H3,(H,14,18). The Morgan fingerprint density at radius 3 is 2.50 bits per heavy atom. The lowest BCUT2D eigenvalue weighted by Crippen LogP contribution is -2.33. The van der Waals surface area contributed by atoms with Gasteiger partial charge in [-0.15, -0.1) is 0 Å². The zero-order valence-corrected chi connectivity index (χ0v) is 11.3. The second-order valence-electron chi connectivity index (χ2n) is 4.28. The first kappa shape index (κ1) is 14.1. The van der Waals surface area contributed by atoms with Crippen LogP contribution in [0.5, 0.6) is 11.5 Å². The molecule has 3 amide bonds. The first-order valence-corrected chi connectivity index (χ1v) is 6.07. The van der Waals surface area contributed by atoms with Crippen LogP contribution in [0.2, 0.25) is 0 Å². The molecular weight excluding hydrogens is 264 g/mol. The molecule has 1 atom stereocenters. The normalized spacial score (nSPS) is 18.1. The highest BCUT2D eigenvalue weighted by molar-refractivity contribution is 6.03. The molecule has 1 fully saturated rings. The molecule has 0 bridgehead atoms. The van der Waals surface area contributed by atoms with Gasteiger partial charge >= 0.3 is 6.03 Å². The monoisotopic (exact) mass is 280 g/mol. The highest BCUT2D eigenvalue weighted by atomic mass is 16.5. The number of nitrogens with zero attached hydrogens (tertiary/aromatic N) is 1. The molecule has 7 heteroatoms. The third-order valence-electron chi connectivity index (χ3n) is 3.08. The minimum atomic E-state index is -1.44. The fraction of sp³-hybridized carbons (Fsp3) is 0.385. The Morgan fingerprint density at radius 1 is 1.25 bits per heavy atom. The minimum Gasteiger partial charge on any atom is -0.493 e. The van der Waals surface area contributed by atoms with Gasteiger partial charge in [0.15, 0.2) is 11.5 Å². The van der Waals surface area contributed by atoms with E-state index in [1.807, 2.05) is 6.07 Å². The van der Waals surface area contributed by atoms with Crippen LogP contribution in [0.25, 0.3) is 0 Å². The summed E-state index contributed by atoms with van der Waals surface area (Å²) in [6.07, 6.45) is -0.973. The number of carbonyl (C=O) groups is 2. The number of urea groups is 1. The van der Waals surface area contributed by atoms with Crippen molar-refractivity contribution in [3.63, 3.8) is 0 Å². The summed E-state index contributed by atoms with van der Waals surface area (Å²) in [6.45, 7) is 0.192. The van der Waals surface area contributed by atoms with E-state index in [0.29, 0.717) is 17.9 Å². The summed E-state index contributed by atoms with van der Waals surface area (Å²) in [5.74, 6) is 0.569. The quantitative estimate of drug-likeness (QED) is 0.748. The zero-order valence-electron chi connectivity index (χ0n) is 11.3.